The van der Waals surface area contributed by atoms with E-state index < -0.39 is 29.0 Å². The van der Waals surface area contributed by atoms with Crippen LogP contribution in [0.5, 0.6) is 5.75 Å². The molecule has 1 fully saturated rings. The van der Waals surface area contributed by atoms with E-state index >= 15 is 8.78 Å². The summed E-state index contributed by atoms with van der Waals surface area (Å²) in [6.45, 7) is 2.64. The van der Waals surface area contributed by atoms with Gasteiger partial charge in [0.1, 0.15) is 5.75 Å². The largest absolute Gasteiger partial charge is 0.493 e. The Bertz CT molecular complexity index is 1260. The Morgan fingerprint density at radius 1 is 1.12 bits per heavy atom. The van der Waals surface area contributed by atoms with Crippen molar-refractivity contribution in [3.63, 3.8) is 0 Å². The highest BCUT2D eigenvalue weighted by molar-refractivity contribution is 5.61. The Morgan fingerprint density at radius 3 is 2.65 bits per heavy atom. The standard InChI is InChI=1S/C24H21F5N4O/c1-15-9-33(14-30-15)18-4-3-17-10-31(6-7-32(17)11-18)13-22-19-8-16(24(27,28)29)2-5-20(19)34-12-21(22)23(22,25)26/h2-5,8-11,14,21H,6-7,12-13H2,1H3/t21-,22+/m1/s1. The molecule has 0 saturated heterocycles. The third-order valence-corrected chi connectivity index (χ3v) is 7.19. The van der Waals surface area contributed by atoms with Crippen molar-refractivity contribution in [2.75, 3.05) is 26.2 Å². The smallest absolute Gasteiger partial charge is 0.416 e. The van der Waals surface area contributed by atoms with Gasteiger partial charge in [-0.2, -0.15) is 13.2 Å². The van der Waals surface area contributed by atoms with E-state index in [9.17, 15) is 13.2 Å². The summed E-state index contributed by atoms with van der Waals surface area (Å²) in [7, 11) is 0. The molecule has 4 aliphatic rings. The molecule has 3 aliphatic heterocycles. The number of benzene rings is 1. The first-order valence-electron chi connectivity index (χ1n) is 11.0. The molecule has 2 atom stereocenters. The van der Waals surface area contributed by atoms with Crippen LogP contribution >= 0.6 is 0 Å². The number of fused-ring (bicyclic) bond motifs is 4. The molecule has 0 spiro atoms. The summed E-state index contributed by atoms with van der Waals surface area (Å²) in [6, 6.07) is 2.88. The molecule has 5 nitrogen and oxygen atoms in total. The van der Waals surface area contributed by atoms with Gasteiger partial charge in [-0.3, -0.25) is 0 Å². The van der Waals surface area contributed by atoms with Gasteiger partial charge in [-0.1, -0.05) is 0 Å². The maximum absolute atomic E-state index is 15.1. The summed E-state index contributed by atoms with van der Waals surface area (Å²) in [4.78, 5) is 8.05. The summed E-state index contributed by atoms with van der Waals surface area (Å²) < 4.78 is 77.6. The van der Waals surface area contributed by atoms with Gasteiger partial charge >= 0.3 is 6.18 Å². The number of imidazole rings is 1. The quantitative estimate of drug-likeness (QED) is 0.605. The Labute approximate surface area is 192 Å². The van der Waals surface area contributed by atoms with E-state index in [2.05, 4.69) is 4.98 Å². The third kappa shape index (κ3) is 3.00. The molecular weight excluding hydrogens is 455 g/mol. The second-order valence-electron chi connectivity index (χ2n) is 9.19. The van der Waals surface area contributed by atoms with E-state index in [0.717, 1.165) is 35.3 Å². The average molecular weight is 476 g/mol. The topological polar surface area (TPSA) is 33.5 Å². The molecular formula is C24H21F5N4O. The van der Waals surface area contributed by atoms with Gasteiger partial charge in [0.15, 0.2) is 0 Å². The first-order chi connectivity index (χ1) is 16.1. The number of alkyl halides is 5. The summed E-state index contributed by atoms with van der Waals surface area (Å²) >= 11 is 0. The number of ether oxygens (including phenoxy) is 1. The number of aromatic nitrogens is 2. The van der Waals surface area contributed by atoms with Crippen molar-refractivity contribution in [1.82, 2.24) is 19.4 Å². The molecule has 0 N–H and O–H groups in total. The van der Waals surface area contributed by atoms with Crippen LogP contribution in [0.25, 0.3) is 5.70 Å². The normalized spacial score (nSPS) is 26.7. The highest BCUT2D eigenvalue weighted by atomic mass is 19.4. The van der Waals surface area contributed by atoms with Crippen molar-refractivity contribution in [3.8, 4) is 5.75 Å². The SMILES string of the molecule is Cc1cn(C2=CN3CCN(C[C@]45c6cc(C(F)(F)F)ccc6OC[C@H]4C5(F)F)C=C3C=C2)cn1. The molecule has 0 amide bonds. The van der Waals surface area contributed by atoms with Crippen LogP contribution in [0.15, 0.2) is 61.0 Å². The van der Waals surface area contributed by atoms with Gasteiger partial charge < -0.3 is 19.1 Å². The van der Waals surface area contributed by atoms with Crippen LogP contribution in [0.4, 0.5) is 22.0 Å². The van der Waals surface area contributed by atoms with Crippen LogP contribution < -0.4 is 4.74 Å². The maximum Gasteiger partial charge on any atom is 0.416 e. The Balaban J connectivity index is 1.30. The molecule has 0 unspecified atom stereocenters. The first kappa shape index (κ1) is 21.2. The first-order valence-corrected chi connectivity index (χ1v) is 11.0. The molecule has 6 rings (SSSR count). The number of hydrogen-bond donors (Lipinski definition) is 0. The van der Waals surface area contributed by atoms with E-state index in [4.69, 9.17) is 4.74 Å². The fraction of sp³-hybridized carbons (Fsp3) is 0.375. The molecule has 34 heavy (non-hydrogen) atoms. The van der Waals surface area contributed by atoms with Gasteiger partial charge in [-0.15, -0.1) is 0 Å². The Morgan fingerprint density at radius 2 is 1.91 bits per heavy atom. The van der Waals surface area contributed by atoms with E-state index in [-0.39, 0.29) is 24.5 Å². The zero-order valence-electron chi connectivity index (χ0n) is 18.2. The predicted molar refractivity (Wildman–Crippen MR) is 114 cm³/mol. The van der Waals surface area contributed by atoms with Crippen LogP contribution in [0, 0.1) is 12.8 Å². The Hall–Kier alpha value is -3.30. The van der Waals surface area contributed by atoms with Crippen LogP contribution in [-0.4, -0.2) is 51.5 Å². The zero-order valence-corrected chi connectivity index (χ0v) is 18.2. The van der Waals surface area contributed by atoms with Gasteiger partial charge in [0, 0.05) is 43.8 Å². The number of halogens is 5. The summed E-state index contributed by atoms with van der Waals surface area (Å²) in [5.74, 6) is -4.19. The minimum Gasteiger partial charge on any atom is -0.493 e. The summed E-state index contributed by atoms with van der Waals surface area (Å²) in [6.07, 6.45) is 6.60. The van der Waals surface area contributed by atoms with Crippen molar-refractivity contribution >= 4 is 5.70 Å². The highest BCUT2D eigenvalue weighted by Gasteiger charge is 2.83. The molecule has 178 valence electrons. The summed E-state index contributed by atoms with van der Waals surface area (Å²) in [5, 5.41) is 0. The lowest BCUT2D eigenvalue weighted by Gasteiger charge is -2.38. The van der Waals surface area contributed by atoms with Crippen molar-refractivity contribution < 1.29 is 26.7 Å². The van der Waals surface area contributed by atoms with E-state index in [1.807, 2.05) is 40.9 Å². The maximum atomic E-state index is 15.1. The lowest BCUT2D eigenvalue weighted by atomic mass is 9.88. The number of hydrogen-bond acceptors (Lipinski definition) is 4. The monoisotopic (exact) mass is 476 g/mol. The fourth-order valence-corrected chi connectivity index (χ4v) is 5.30. The molecule has 0 bridgehead atoms. The minimum absolute atomic E-state index is 0.0544. The predicted octanol–water partition coefficient (Wildman–Crippen LogP) is 4.63. The lowest BCUT2D eigenvalue weighted by molar-refractivity contribution is -0.137. The van der Waals surface area contributed by atoms with Gasteiger partial charge in [0.25, 0.3) is 5.92 Å². The van der Waals surface area contributed by atoms with E-state index in [0.29, 0.717) is 13.1 Å². The molecule has 4 heterocycles. The number of nitrogens with zero attached hydrogens (tertiary/aromatic N) is 4. The minimum atomic E-state index is -4.62. The molecule has 1 aliphatic carbocycles. The lowest BCUT2D eigenvalue weighted by Crippen LogP contribution is -2.42. The van der Waals surface area contributed by atoms with Crippen molar-refractivity contribution in [2.45, 2.75) is 24.4 Å². The van der Waals surface area contributed by atoms with Crippen molar-refractivity contribution in [3.05, 3.63) is 77.8 Å². The highest BCUT2D eigenvalue weighted by Crippen LogP contribution is 2.70. The van der Waals surface area contributed by atoms with Crippen LogP contribution in [0.2, 0.25) is 0 Å². The third-order valence-electron chi connectivity index (χ3n) is 7.19. The zero-order chi connectivity index (χ0) is 23.9. The van der Waals surface area contributed by atoms with Crippen LogP contribution in [-0.2, 0) is 11.6 Å². The van der Waals surface area contributed by atoms with Gasteiger partial charge in [0.2, 0.25) is 0 Å². The number of allylic oxidation sites excluding steroid dienone is 3. The van der Waals surface area contributed by atoms with Crippen molar-refractivity contribution in [2.24, 2.45) is 5.92 Å². The van der Waals surface area contributed by atoms with Gasteiger partial charge in [-0.05, 0) is 37.3 Å². The Kier molecular flexibility index (Phi) is 4.29. The fourth-order valence-electron chi connectivity index (χ4n) is 5.30. The summed E-state index contributed by atoms with van der Waals surface area (Å²) in [5.41, 5.74) is -0.0409. The average Bonchev–Trinajstić information content (AvgIpc) is 3.06. The second-order valence-corrected chi connectivity index (χ2v) is 9.19. The van der Waals surface area contributed by atoms with Gasteiger partial charge in [0.05, 0.1) is 46.9 Å². The molecule has 0 radical (unpaired) electrons. The van der Waals surface area contributed by atoms with Crippen LogP contribution in [0.1, 0.15) is 16.8 Å². The van der Waals surface area contributed by atoms with Crippen molar-refractivity contribution in [1.29, 1.82) is 0 Å². The molecule has 2 aromatic rings. The molecule has 1 saturated carbocycles. The molecule has 10 heteroatoms. The molecule has 1 aromatic carbocycles. The van der Waals surface area contributed by atoms with E-state index in [1.165, 1.54) is 0 Å². The molecule has 1 aromatic heterocycles. The number of aryl methyl sites for hydroxylation is 1. The second kappa shape index (κ2) is 6.86. The van der Waals surface area contributed by atoms with Crippen LogP contribution in [0.3, 0.4) is 0 Å². The van der Waals surface area contributed by atoms with E-state index in [1.54, 1.807) is 17.4 Å². The van der Waals surface area contributed by atoms with Gasteiger partial charge in [-0.25, -0.2) is 13.8 Å². The number of rotatable bonds is 3.